The lowest BCUT2D eigenvalue weighted by Crippen LogP contribution is -2.06. The van der Waals surface area contributed by atoms with Gasteiger partial charge >= 0.3 is 0 Å². The van der Waals surface area contributed by atoms with Gasteiger partial charge in [-0.25, -0.2) is 0 Å². The highest BCUT2D eigenvalue weighted by atomic mass is 32.2. The zero-order valence-electron chi connectivity index (χ0n) is 11.2. The molecule has 0 aromatic carbocycles. The van der Waals surface area contributed by atoms with Gasteiger partial charge in [0.25, 0.3) is 0 Å². The minimum atomic E-state index is 0.580. The summed E-state index contributed by atoms with van der Waals surface area (Å²) in [7, 11) is 0. The SMILES string of the molecule is CCCCCCCCSC(=S)OCCOCC. The Morgan fingerprint density at radius 1 is 1.00 bits per heavy atom. The van der Waals surface area contributed by atoms with Gasteiger partial charge in [0.1, 0.15) is 6.61 Å². The van der Waals surface area contributed by atoms with Crippen LogP contribution in [-0.2, 0) is 9.47 Å². The van der Waals surface area contributed by atoms with E-state index in [1.807, 2.05) is 6.92 Å². The van der Waals surface area contributed by atoms with Crippen molar-refractivity contribution in [1.82, 2.24) is 0 Å². The van der Waals surface area contributed by atoms with Gasteiger partial charge in [0.15, 0.2) is 0 Å². The maximum atomic E-state index is 5.36. The van der Waals surface area contributed by atoms with Crippen LogP contribution in [0.1, 0.15) is 52.4 Å². The number of hydrogen-bond acceptors (Lipinski definition) is 4. The molecule has 0 rings (SSSR count). The number of rotatable bonds is 11. The highest BCUT2D eigenvalue weighted by Gasteiger charge is 1.98. The van der Waals surface area contributed by atoms with Crippen LogP contribution >= 0.6 is 24.0 Å². The first-order valence-electron chi connectivity index (χ1n) is 6.68. The van der Waals surface area contributed by atoms with E-state index in [1.165, 1.54) is 38.5 Å². The number of ether oxygens (including phenoxy) is 2. The highest BCUT2D eigenvalue weighted by molar-refractivity contribution is 8.22. The molecule has 0 N–H and O–H groups in total. The molecule has 0 unspecified atom stereocenters. The molecular weight excluding hydrogens is 252 g/mol. The summed E-state index contributed by atoms with van der Waals surface area (Å²) < 4.78 is 11.2. The molecule has 0 aromatic rings. The van der Waals surface area contributed by atoms with Gasteiger partial charge in [-0.2, -0.15) is 0 Å². The molecule has 0 heterocycles. The largest absolute Gasteiger partial charge is 0.476 e. The lowest BCUT2D eigenvalue weighted by molar-refractivity contribution is 0.109. The van der Waals surface area contributed by atoms with Crippen molar-refractivity contribution in [2.75, 3.05) is 25.6 Å². The van der Waals surface area contributed by atoms with Crippen molar-refractivity contribution in [2.45, 2.75) is 52.4 Å². The van der Waals surface area contributed by atoms with E-state index in [0.29, 0.717) is 17.6 Å². The van der Waals surface area contributed by atoms with Gasteiger partial charge in [0, 0.05) is 12.4 Å². The molecule has 0 fully saturated rings. The molecular formula is C13H26O2S2. The number of thioether (sulfide) groups is 1. The van der Waals surface area contributed by atoms with Crippen LogP contribution in [0.25, 0.3) is 0 Å². The smallest absolute Gasteiger partial charge is 0.220 e. The molecule has 0 aliphatic heterocycles. The lowest BCUT2D eigenvalue weighted by Gasteiger charge is -2.06. The van der Waals surface area contributed by atoms with Gasteiger partial charge in [-0.05, 0) is 25.6 Å². The molecule has 2 nitrogen and oxygen atoms in total. The first-order chi connectivity index (χ1) is 8.31. The van der Waals surface area contributed by atoms with E-state index >= 15 is 0 Å². The van der Waals surface area contributed by atoms with Gasteiger partial charge in [-0.1, -0.05) is 50.8 Å². The van der Waals surface area contributed by atoms with Crippen LogP contribution in [0.4, 0.5) is 0 Å². The van der Waals surface area contributed by atoms with Crippen LogP contribution in [0.5, 0.6) is 0 Å². The first kappa shape index (κ1) is 17.2. The zero-order valence-corrected chi connectivity index (χ0v) is 12.8. The molecule has 102 valence electrons. The van der Waals surface area contributed by atoms with E-state index in [-0.39, 0.29) is 0 Å². The third kappa shape index (κ3) is 14.1. The second-order valence-electron chi connectivity index (χ2n) is 3.91. The van der Waals surface area contributed by atoms with Crippen LogP contribution in [-0.4, -0.2) is 30.0 Å². The maximum Gasteiger partial charge on any atom is 0.220 e. The predicted octanol–water partition coefficient (Wildman–Crippen LogP) is 4.42. The summed E-state index contributed by atoms with van der Waals surface area (Å²) in [6, 6.07) is 0. The molecule has 0 atom stereocenters. The Kier molecular flexibility index (Phi) is 14.4. The number of unbranched alkanes of at least 4 members (excludes halogenated alkanes) is 5. The third-order valence-corrected chi connectivity index (χ3v) is 3.69. The Bertz CT molecular complexity index is 175. The zero-order chi connectivity index (χ0) is 12.8. The highest BCUT2D eigenvalue weighted by Crippen LogP contribution is 2.12. The quantitative estimate of drug-likeness (QED) is 0.411. The summed E-state index contributed by atoms with van der Waals surface area (Å²) in [5, 5.41) is 0. The summed E-state index contributed by atoms with van der Waals surface area (Å²) in [6.45, 7) is 6.17. The minimum absolute atomic E-state index is 0.580. The predicted molar refractivity (Wildman–Crippen MR) is 80.9 cm³/mol. The van der Waals surface area contributed by atoms with Crippen molar-refractivity contribution < 1.29 is 9.47 Å². The third-order valence-electron chi connectivity index (χ3n) is 2.37. The molecule has 4 heteroatoms. The van der Waals surface area contributed by atoms with E-state index in [9.17, 15) is 0 Å². The number of hydrogen-bond donors (Lipinski definition) is 0. The Labute approximate surface area is 116 Å². The lowest BCUT2D eigenvalue weighted by atomic mass is 10.1. The van der Waals surface area contributed by atoms with Gasteiger partial charge in [0.05, 0.1) is 6.61 Å². The van der Waals surface area contributed by atoms with E-state index in [1.54, 1.807) is 11.8 Å². The Morgan fingerprint density at radius 2 is 1.71 bits per heavy atom. The molecule has 0 aliphatic rings. The standard InChI is InChI=1S/C13H26O2S2/c1-3-5-6-7-8-9-12-17-13(16)15-11-10-14-4-2/h3-12H2,1-2H3. The molecule has 17 heavy (non-hydrogen) atoms. The van der Waals surface area contributed by atoms with Gasteiger partial charge in [-0.15, -0.1) is 0 Å². The summed E-state index contributed by atoms with van der Waals surface area (Å²) in [5.74, 6) is 1.08. The monoisotopic (exact) mass is 278 g/mol. The Hall–Kier alpha value is 0.200. The van der Waals surface area contributed by atoms with Crippen LogP contribution in [0.2, 0.25) is 0 Å². The van der Waals surface area contributed by atoms with Gasteiger partial charge < -0.3 is 9.47 Å². The van der Waals surface area contributed by atoms with Crippen molar-refractivity contribution in [3.8, 4) is 0 Å². The Morgan fingerprint density at radius 3 is 2.41 bits per heavy atom. The minimum Gasteiger partial charge on any atom is -0.476 e. The van der Waals surface area contributed by atoms with E-state index in [4.69, 9.17) is 21.7 Å². The van der Waals surface area contributed by atoms with Gasteiger partial charge in [0.2, 0.25) is 4.38 Å². The van der Waals surface area contributed by atoms with Crippen molar-refractivity contribution in [1.29, 1.82) is 0 Å². The fourth-order valence-electron chi connectivity index (χ4n) is 1.41. The van der Waals surface area contributed by atoms with Crippen LogP contribution in [0.15, 0.2) is 0 Å². The maximum absolute atomic E-state index is 5.36. The van der Waals surface area contributed by atoms with Gasteiger partial charge in [-0.3, -0.25) is 0 Å². The topological polar surface area (TPSA) is 18.5 Å². The van der Waals surface area contributed by atoms with E-state index in [2.05, 4.69) is 6.92 Å². The average molecular weight is 278 g/mol. The van der Waals surface area contributed by atoms with Crippen molar-refractivity contribution >= 4 is 28.4 Å². The van der Waals surface area contributed by atoms with Crippen LogP contribution in [0, 0.1) is 0 Å². The molecule has 0 bridgehead atoms. The molecule has 0 aromatic heterocycles. The van der Waals surface area contributed by atoms with E-state index in [0.717, 1.165) is 12.4 Å². The molecule has 0 amide bonds. The molecule has 0 aliphatic carbocycles. The summed E-state index contributed by atoms with van der Waals surface area (Å²) >= 11 is 6.76. The fourth-order valence-corrected chi connectivity index (χ4v) is 2.42. The van der Waals surface area contributed by atoms with Crippen molar-refractivity contribution in [2.24, 2.45) is 0 Å². The number of thiocarbonyl (C=S) groups is 1. The average Bonchev–Trinajstić information content (AvgIpc) is 2.33. The molecule has 0 saturated carbocycles. The Balaban J connectivity index is 3.11. The normalized spacial score (nSPS) is 10.5. The van der Waals surface area contributed by atoms with Crippen LogP contribution < -0.4 is 0 Å². The second-order valence-corrected chi connectivity index (χ2v) is 5.61. The van der Waals surface area contributed by atoms with Crippen molar-refractivity contribution in [3.05, 3.63) is 0 Å². The van der Waals surface area contributed by atoms with Crippen LogP contribution in [0.3, 0.4) is 0 Å². The molecule has 0 spiro atoms. The second kappa shape index (κ2) is 14.3. The fraction of sp³-hybridized carbons (Fsp3) is 0.923. The summed E-state index contributed by atoms with van der Waals surface area (Å²) in [5.41, 5.74) is 0. The van der Waals surface area contributed by atoms with Crippen molar-refractivity contribution in [3.63, 3.8) is 0 Å². The molecule has 0 radical (unpaired) electrons. The summed E-state index contributed by atoms with van der Waals surface area (Å²) in [6.07, 6.45) is 7.96. The van der Waals surface area contributed by atoms with E-state index < -0.39 is 0 Å². The first-order valence-corrected chi connectivity index (χ1v) is 8.08. The molecule has 0 saturated heterocycles. The summed E-state index contributed by atoms with van der Waals surface area (Å²) in [4.78, 5) is 0.